The van der Waals surface area contributed by atoms with E-state index in [0.29, 0.717) is 0 Å². The highest BCUT2D eigenvalue weighted by Crippen LogP contribution is 2.20. The van der Waals surface area contributed by atoms with Gasteiger partial charge in [-0.1, -0.05) is 66.7 Å². The Hall–Kier alpha value is -3.20. The van der Waals surface area contributed by atoms with Gasteiger partial charge in [0, 0.05) is 12.1 Å². The maximum atomic E-state index is 10.6. The van der Waals surface area contributed by atoms with Crippen LogP contribution in [0.25, 0.3) is 23.3 Å². The molecular weight excluding hydrogens is 286 g/mol. The summed E-state index contributed by atoms with van der Waals surface area (Å²) in [5.74, 6) is 0. The molecular formula is C20H15NO2. The Balaban J connectivity index is 1.74. The second-order valence-electron chi connectivity index (χ2n) is 5.17. The molecule has 0 aliphatic rings. The summed E-state index contributed by atoms with van der Waals surface area (Å²) < 4.78 is 0. The van der Waals surface area contributed by atoms with Crippen molar-refractivity contribution in [1.82, 2.24) is 0 Å². The number of non-ortho nitro benzene ring substituents is 1. The highest BCUT2D eigenvalue weighted by molar-refractivity contribution is 5.72. The van der Waals surface area contributed by atoms with Gasteiger partial charge in [0.05, 0.1) is 4.92 Å². The third-order valence-corrected chi connectivity index (χ3v) is 3.59. The number of benzene rings is 3. The summed E-state index contributed by atoms with van der Waals surface area (Å²) in [6.07, 6.45) is 3.94. The third-order valence-electron chi connectivity index (χ3n) is 3.59. The van der Waals surface area contributed by atoms with E-state index < -0.39 is 4.92 Å². The zero-order valence-electron chi connectivity index (χ0n) is 12.4. The molecule has 0 saturated carbocycles. The van der Waals surface area contributed by atoms with Gasteiger partial charge in [0.25, 0.3) is 5.69 Å². The summed E-state index contributed by atoms with van der Waals surface area (Å²) >= 11 is 0. The van der Waals surface area contributed by atoms with Crippen LogP contribution in [-0.4, -0.2) is 4.92 Å². The summed E-state index contributed by atoms with van der Waals surface area (Å²) in [6.45, 7) is 0. The summed E-state index contributed by atoms with van der Waals surface area (Å²) in [5, 5.41) is 10.6. The van der Waals surface area contributed by atoms with E-state index in [2.05, 4.69) is 36.4 Å². The Kier molecular flexibility index (Phi) is 4.29. The normalized spacial score (nSPS) is 10.8. The Morgan fingerprint density at radius 1 is 0.652 bits per heavy atom. The van der Waals surface area contributed by atoms with Crippen LogP contribution in [0.3, 0.4) is 0 Å². The molecule has 0 amide bonds. The van der Waals surface area contributed by atoms with Crippen molar-refractivity contribution < 1.29 is 4.92 Å². The van der Waals surface area contributed by atoms with Crippen LogP contribution in [0.1, 0.15) is 11.1 Å². The number of nitrogens with zero attached hydrogens (tertiary/aromatic N) is 1. The molecule has 0 unspecified atom stereocenters. The lowest BCUT2D eigenvalue weighted by atomic mass is 10.0. The third kappa shape index (κ3) is 3.71. The minimum absolute atomic E-state index is 0.106. The van der Waals surface area contributed by atoms with E-state index in [1.807, 2.05) is 30.4 Å². The van der Waals surface area contributed by atoms with Crippen LogP contribution in [0, 0.1) is 10.1 Å². The van der Waals surface area contributed by atoms with E-state index in [4.69, 9.17) is 0 Å². The van der Waals surface area contributed by atoms with E-state index in [0.717, 1.165) is 11.1 Å². The van der Waals surface area contributed by atoms with Gasteiger partial charge in [0.15, 0.2) is 0 Å². The predicted octanol–water partition coefficient (Wildman–Crippen LogP) is 5.43. The van der Waals surface area contributed by atoms with Crippen molar-refractivity contribution in [3.05, 3.63) is 100 Å². The fraction of sp³-hybridized carbons (Fsp3) is 0. The topological polar surface area (TPSA) is 43.1 Å². The molecule has 0 fully saturated rings. The minimum Gasteiger partial charge on any atom is -0.258 e. The van der Waals surface area contributed by atoms with Crippen molar-refractivity contribution in [1.29, 1.82) is 0 Å². The van der Waals surface area contributed by atoms with Gasteiger partial charge in [-0.25, -0.2) is 0 Å². The van der Waals surface area contributed by atoms with Crippen molar-refractivity contribution in [2.45, 2.75) is 0 Å². The number of nitro benzene ring substituents is 1. The molecule has 0 heterocycles. The van der Waals surface area contributed by atoms with Crippen molar-refractivity contribution in [2.24, 2.45) is 0 Å². The molecule has 3 heteroatoms. The average molecular weight is 301 g/mol. The van der Waals surface area contributed by atoms with Crippen molar-refractivity contribution in [2.75, 3.05) is 0 Å². The van der Waals surface area contributed by atoms with Gasteiger partial charge in [-0.3, -0.25) is 10.1 Å². The van der Waals surface area contributed by atoms with Crippen LogP contribution in [0.5, 0.6) is 0 Å². The fourth-order valence-electron chi connectivity index (χ4n) is 2.32. The molecule has 0 spiro atoms. The molecule has 3 rings (SSSR count). The smallest absolute Gasteiger partial charge is 0.258 e. The zero-order chi connectivity index (χ0) is 16.1. The van der Waals surface area contributed by atoms with E-state index in [1.165, 1.54) is 23.3 Å². The summed E-state index contributed by atoms with van der Waals surface area (Å²) in [7, 11) is 0. The van der Waals surface area contributed by atoms with Crippen LogP contribution < -0.4 is 0 Å². The molecule has 3 nitrogen and oxygen atoms in total. The second-order valence-corrected chi connectivity index (χ2v) is 5.17. The highest BCUT2D eigenvalue weighted by Gasteiger charge is 2.02. The maximum absolute atomic E-state index is 10.6. The van der Waals surface area contributed by atoms with E-state index in [1.54, 1.807) is 12.1 Å². The number of rotatable bonds is 4. The summed E-state index contributed by atoms with van der Waals surface area (Å²) in [6, 6.07) is 25.0. The first-order valence-electron chi connectivity index (χ1n) is 7.30. The van der Waals surface area contributed by atoms with E-state index in [9.17, 15) is 10.1 Å². The quantitative estimate of drug-likeness (QED) is 0.366. The van der Waals surface area contributed by atoms with Crippen LogP contribution in [0.2, 0.25) is 0 Å². The number of hydrogen-bond donors (Lipinski definition) is 0. The van der Waals surface area contributed by atoms with Gasteiger partial charge in [-0.2, -0.15) is 0 Å². The monoisotopic (exact) mass is 301 g/mol. The molecule has 0 aliphatic carbocycles. The summed E-state index contributed by atoms with van der Waals surface area (Å²) in [4.78, 5) is 10.2. The SMILES string of the molecule is O=[N+]([O-])c1ccc(C=Cc2ccc(-c3ccccc3)cc2)cc1. The maximum Gasteiger partial charge on any atom is 0.269 e. The Labute approximate surface area is 134 Å². The Bertz CT molecular complexity index is 820. The lowest BCUT2D eigenvalue weighted by molar-refractivity contribution is -0.384. The lowest BCUT2D eigenvalue weighted by Crippen LogP contribution is -1.86. The molecule has 3 aromatic rings. The molecule has 0 bridgehead atoms. The van der Waals surface area contributed by atoms with Crippen molar-refractivity contribution in [3.8, 4) is 11.1 Å². The first-order valence-corrected chi connectivity index (χ1v) is 7.30. The minimum atomic E-state index is -0.393. The molecule has 0 aliphatic heterocycles. The molecule has 0 radical (unpaired) electrons. The molecule has 0 N–H and O–H groups in total. The fourth-order valence-corrected chi connectivity index (χ4v) is 2.32. The van der Waals surface area contributed by atoms with Gasteiger partial charge >= 0.3 is 0 Å². The van der Waals surface area contributed by atoms with Crippen molar-refractivity contribution in [3.63, 3.8) is 0 Å². The van der Waals surface area contributed by atoms with Gasteiger partial charge < -0.3 is 0 Å². The molecule has 0 saturated heterocycles. The van der Waals surface area contributed by atoms with Crippen LogP contribution in [-0.2, 0) is 0 Å². The van der Waals surface area contributed by atoms with Gasteiger partial charge in [0.1, 0.15) is 0 Å². The standard InChI is InChI=1S/C20H15NO2/c22-21(23)20-14-10-17(11-15-20)7-6-16-8-12-19(13-9-16)18-4-2-1-3-5-18/h1-15H. The highest BCUT2D eigenvalue weighted by atomic mass is 16.6. The van der Waals surface area contributed by atoms with E-state index >= 15 is 0 Å². The van der Waals surface area contributed by atoms with Gasteiger partial charge in [-0.15, -0.1) is 0 Å². The second kappa shape index (κ2) is 6.71. The molecule has 3 aromatic carbocycles. The van der Waals surface area contributed by atoms with Gasteiger partial charge in [-0.05, 0) is 34.4 Å². The van der Waals surface area contributed by atoms with Crippen LogP contribution in [0.15, 0.2) is 78.9 Å². The van der Waals surface area contributed by atoms with Crippen molar-refractivity contribution >= 4 is 17.8 Å². The van der Waals surface area contributed by atoms with E-state index in [-0.39, 0.29) is 5.69 Å². The first kappa shape index (κ1) is 14.7. The zero-order valence-corrected chi connectivity index (χ0v) is 12.4. The average Bonchev–Trinajstić information content (AvgIpc) is 2.61. The Morgan fingerprint density at radius 3 is 1.65 bits per heavy atom. The predicted molar refractivity (Wildman–Crippen MR) is 93.9 cm³/mol. The molecule has 23 heavy (non-hydrogen) atoms. The summed E-state index contributed by atoms with van der Waals surface area (Å²) in [5.41, 5.74) is 4.50. The first-order chi connectivity index (χ1) is 11.2. The number of nitro groups is 1. The van der Waals surface area contributed by atoms with Crippen LogP contribution in [0.4, 0.5) is 5.69 Å². The molecule has 112 valence electrons. The number of hydrogen-bond acceptors (Lipinski definition) is 2. The molecule has 0 atom stereocenters. The van der Waals surface area contributed by atoms with Crippen LogP contribution >= 0.6 is 0 Å². The Morgan fingerprint density at radius 2 is 1.13 bits per heavy atom. The largest absolute Gasteiger partial charge is 0.269 e. The van der Waals surface area contributed by atoms with Gasteiger partial charge in [0.2, 0.25) is 0 Å². The lowest BCUT2D eigenvalue weighted by Gasteiger charge is -2.02. The molecule has 0 aromatic heterocycles.